The smallest absolute Gasteiger partial charge is 0.433 e. The highest BCUT2D eigenvalue weighted by Gasteiger charge is 2.62. The molecule has 1 spiro atoms. The fourth-order valence-corrected chi connectivity index (χ4v) is 11.7. The van der Waals surface area contributed by atoms with Gasteiger partial charge in [-0.3, -0.25) is 14.3 Å². The second kappa shape index (κ2) is 14.7. The summed E-state index contributed by atoms with van der Waals surface area (Å²) in [7, 11) is -2.42. The van der Waals surface area contributed by atoms with Crippen LogP contribution in [0.15, 0.2) is 24.4 Å². The van der Waals surface area contributed by atoms with E-state index in [-0.39, 0.29) is 50.2 Å². The standard InChI is InChI=1S/C36H49Cl2F4N3O4Si/c1-6-48-32(47)33(5)15-13-24(14-16-33)45-30(36(40,41)42)25(19-43-45)31(46)44(23-35(39)21-34(22-35)17-18-34)20-28(49-50(7-2,8-3)9-4)29-26(37)11-10-12-27(29)38/h10-12,19,24,28H,6-9,13-18,20-23H2,1-5H3. The molecular weight excluding hydrogens is 713 g/mol. The molecule has 1 unspecified atom stereocenters. The van der Waals surface area contributed by atoms with E-state index in [2.05, 4.69) is 5.10 Å². The van der Waals surface area contributed by atoms with Crippen molar-refractivity contribution in [2.75, 3.05) is 19.7 Å². The van der Waals surface area contributed by atoms with Gasteiger partial charge in [-0.1, -0.05) is 50.0 Å². The third-order valence-corrected chi connectivity index (χ3v) is 16.9. The lowest BCUT2D eigenvalue weighted by atomic mass is 9.69. The van der Waals surface area contributed by atoms with Gasteiger partial charge in [0.15, 0.2) is 14.0 Å². The summed E-state index contributed by atoms with van der Waals surface area (Å²) in [6.07, 6.45) is -1.44. The van der Waals surface area contributed by atoms with E-state index in [1.54, 1.807) is 32.0 Å². The highest BCUT2D eigenvalue weighted by atomic mass is 35.5. The largest absolute Gasteiger partial charge is 0.466 e. The summed E-state index contributed by atoms with van der Waals surface area (Å²) in [6.45, 7) is 9.18. The molecule has 1 aromatic carbocycles. The maximum Gasteiger partial charge on any atom is 0.433 e. The van der Waals surface area contributed by atoms with Crippen LogP contribution in [-0.2, 0) is 20.1 Å². The van der Waals surface area contributed by atoms with E-state index in [0.29, 0.717) is 28.5 Å². The molecule has 278 valence electrons. The third kappa shape index (κ3) is 7.93. The Bertz CT molecular complexity index is 1520. The van der Waals surface area contributed by atoms with E-state index in [1.807, 2.05) is 20.8 Å². The van der Waals surface area contributed by atoms with Crippen molar-refractivity contribution in [3.63, 3.8) is 0 Å². The molecule has 3 aliphatic rings. The lowest BCUT2D eigenvalue weighted by molar-refractivity contribution is -0.157. The van der Waals surface area contributed by atoms with Gasteiger partial charge in [-0.2, -0.15) is 18.3 Å². The Labute approximate surface area is 303 Å². The van der Waals surface area contributed by atoms with E-state index >= 15 is 4.39 Å². The van der Waals surface area contributed by atoms with Gasteiger partial charge in [0.25, 0.3) is 5.91 Å². The van der Waals surface area contributed by atoms with E-state index in [9.17, 15) is 22.8 Å². The first kappa shape index (κ1) is 39.1. The van der Waals surface area contributed by atoms with Gasteiger partial charge in [0.1, 0.15) is 5.67 Å². The number of benzene rings is 1. The van der Waals surface area contributed by atoms with Crippen LogP contribution in [0.1, 0.15) is 120 Å². The van der Waals surface area contributed by atoms with Crippen LogP contribution in [0, 0.1) is 10.8 Å². The molecule has 0 radical (unpaired) electrons. The summed E-state index contributed by atoms with van der Waals surface area (Å²) in [5, 5.41) is 4.74. The number of alkyl halides is 4. The second-order valence-electron chi connectivity index (χ2n) is 15.0. The molecule has 1 atom stereocenters. The van der Waals surface area contributed by atoms with Gasteiger partial charge >= 0.3 is 12.1 Å². The normalized spacial score (nSPS) is 23.3. The summed E-state index contributed by atoms with van der Waals surface area (Å²) in [5.74, 6) is -1.35. The minimum absolute atomic E-state index is 0.0683. The third-order valence-electron chi connectivity index (χ3n) is 11.6. The highest BCUT2D eigenvalue weighted by Crippen LogP contribution is 2.66. The number of halogens is 6. The summed E-state index contributed by atoms with van der Waals surface area (Å²) in [4.78, 5) is 28.3. The zero-order valence-electron chi connectivity index (χ0n) is 29.6. The van der Waals surface area contributed by atoms with Gasteiger partial charge < -0.3 is 14.1 Å². The quantitative estimate of drug-likeness (QED) is 0.109. The van der Waals surface area contributed by atoms with Crippen LogP contribution in [-0.4, -0.2) is 60.2 Å². The Hall–Kier alpha value is -2.15. The molecule has 3 saturated carbocycles. The number of hydrogen-bond donors (Lipinski definition) is 0. The molecule has 5 rings (SSSR count). The Morgan fingerprint density at radius 3 is 2.12 bits per heavy atom. The minimum Gasteiger partial charge on any atom is -0.466 e. The van der Waals surface area contributed by atoms with Crippen LogP contribution >= 0.6 is 23.2 Å². The number of carbonyl (C=O) groups is 2. The fraction of sp³-hybridized carbons (Fsp3) is 0.694. The molecule has 50 heavy (non-hydrogen) atoms. The Balaban J connectivity index is 1.52. The van der Waals surface area contributed by atoms with Gasteiger partial charge in [-0.15, -0.1) is 0 Å². The van der Waals surface area contributed by atoms with Crippen LogP contribution in [0.3, 0.4) is 0 Å². The zero-order chi connectivity index (χ0) is 36.7. The summed E-state index contributed by atoms with van der Waals surface area (Å²) in [5.41, 5.74) is -4.01. The lowest BCUT2D eigenvalue weighted by Gasteiger charge is -2.46. The van der Waals surface area contributed by atoms with Crippen LogP contribution in [0.5, 0.6) is 0 Å². The van der Waals surface area contributed by atoms with Crippen molar-refractivity contribution in [3.8, 4) is 0 Å². The molecule has 1 heterocycles. The Kier molecular flexibility index (Phi) is 11.5. The molecule has 0 aliphatic heterocycles. The second-order valence-corrected chi connectivity index (χ2v) is 20.6. The molecule has 1 amide bonds. The number of rotatable bonds is 14. The summed E-state index contributed by atoms with van der Waals surface area (Å²) < 4.78 is 74.3. The number of esters is 1. The van der Waals surface area contributed by atoms with Crippen molar-refractivity contribution in [1.29, 1.82) is 0 Å². The number of nitrogens with zero attached hydrogens (tertiary/aromatic N) is 3. The highest BCUT2D eigenvalue weighted by molar-refractivity contribution is 6.73. The fourth-order valence-electron chi connectivity index (χ4n) is 8.25. The van der Waals surface area contributed by atoms with E-state index in [4.69, 9.17) is 32.4 Å². The Morgan fingerprint density at radius 2 is 1.62 bits per heavy atom. The number of amides is 1. The first-order valence-corrected chi connectivity index (χ1v) is 21.2. The monoisotopic (exact) mass is 761 g/mol. The molecule has 0 bridgehead atoms. The average molecular weight is 763 g/mol. The van der Waals surface area contributed by atoms with Crippen LogP contribution in [0.4, 0.5) is 17.6 Å². The molecule has 3 fully saturated rings. The maximum absolute atomic E-state index is 16.4. The SMILES string of the molecule is CCOC(=O)C1(C)CCC(n2ncc(C(=O)N(CC(O[Si](CC)(CC)CC)c3c(Cl)cccc3Cl)CC3(F)CC4(CC4)C3)c2C(F)(F)F)CC1. The molecule has 0 N–H and O–H groups in total. The predicted octanol–water partition coefficient (Wildman–Crippen LogP) is 10.4. The molecule has 1 aromatic heterocycles. The van der Waals surface area contributed by atoms with Crippen molar-refractivity contribution >= 4 is 43.4 Å². The topological polar surface area (TPSA) is 73.7 Å². The molecule has 14 heteroatoms. The van der Waals surface area contributed by atoms with Crippen molar-refractivity contribution in [2.45, 2.75) is 128 Å². The lowest BCUT2D eigenvalue weighted by Crippen LogP contribution is -2.53. The molecule has 0 saturated heterocycles. The first-order chi connectivity index (χ1) is 23.5. The van der Waals surface area contributed by atoms with Gasteiger partial charge in [0, 0.05) is 15.6 Å². The van der Waals surface area contributed by atoms with Crippen molar-refractivity contribution in [1.82, 2.24) is 14.7 Å². The number of hydrogen-bond acceptors (Lipinski definition) is 5. The Morgan fingerprint density at radius 1 is 1.04 bits per heavy atom. The van der Waals surface area contributed by atoms with Crippen LogP contribution < -0.4 is 0 Å². The molecule has 3 aliphatic carbocycles. The predicted molar refractivity (Wildman–Crippen MR) is 188 cm³/mol. The van der Waals surface area contributed by atoms with Gasteiger partial charge in [-0.25, -0.2) is 4.39 Å². The van der Waals surface area contributed by atoms with Crippen molar-refractivity contribution in [2.24, 2.45) is 10.8 Å². The number of carbonyl (C=O) groups excluding carboxylic acids is 2. The van der Waals surface area contributed by atoms with Crippen molar-refractivity contribution in [3.05, 3.63) is 51.3 Å². The first-order valence-electron chi connectivity index (χ1n) is 17.9. The molecule has 7 nitrogen and oxygen atoms in total. The van der Waals surface area contributed by atoms with Gasteiger partial charge in [-0.05, 0) is 101 Å². The summed E-state index contributed by atoms with van der Waals surface area (Å²) >= 11 is 13.4. The van der Waals surface area contributed by atoms with E-state index < -0.39 is 61.4 Å². The molecular formula is C36H49Cl2F4N3O4Si. The zero-order valence-corrected chi connectivity index (χ0v) is 32.1. The minimum atomic E-state index is -4.94. The average Bonchev–Trinajstić information content (AvgIpc) is 3.68. The number of aromatic nitrogens is 2. The van der Waals surface area contributed by atoms with Crippen LogP contribution in [0.2, 0.25) is 28.2 Å². The number of ether oxygens (including phenoxy) is 1. The van der Waals surface area contributed by atoms with Gasteiger partial charge in [0.2, 0.25) is 0 Å². The van der Waals surface area contributed by atoms with Gasteiger partial charge in [0.05, 0.1) is 49.0 Å². The summed E-state index contributed by atoms with van der Waals surface area (Å²) in [6, 6.07) is 6.56. The van der Waals surface area contributed by atoms with Crippen molar-refractivity contribution < 1.29 is 36.3 Å². The molecule has 2 aromatic rings. The maximum atomic E-state index is 16.4. The van der Waals surface area contributed by atoms with E-state index in [1.165, 1.54) is 4.90 Å². The van der Waals surface area contributed by atoms with E-state index in [0.717, 1.165) is 41.9 Å². The van der Waals surface area contributed by atoms with Crippen LogP contribution in [0.25, 0.3) is 0 Å².